The van der Waals surface area contributed by atoms with Crippen LogP contribution in [0.25, 0.3) is 0 Å². The lowest BCUT2D eigenvalue weighted by Crippen LogP contribution is -2.51. The van der Waals surface area contributed by atoms with Gasteiger partial charge in [0.05, 0.1) is 12.6 Å². The average Bonchev–Trinajstić information content (AvgIpc) is 3.00. The smallest absolute Gasteiger partial charge is 0.323 e. The molecule has 110 valence electrons. The van der Waals surface area contributed by atoms with E-state index in [1.165, 1.54) is 0 Å². The summed E-state index contributed by atoms with van der Waals surface area (Å²) in [6.07, 6.45) is 1.41. The minimum atomic E-state index is -0.913. The van der Waals surface area contributed by atoms with Gasteiger partial charge in [-0.25, -0.2) is 0 Å². The molecule has 0 aliphatic carbocycles. The standard InChI is InChI=1S/C14H20N2O3S/c1-10(11-5-3-8-20-11)15-12(17)9-16-7-4-6-14(16,2)13(18)19/h3,5,8,10H,4,6-7,9H2,1-2H3,(H,15,17)(H,18,19). The van der Waals surface area contributed by atoms with Crippen molar-refractivity contribution in [3.05, 3.63) is 22.4 Å². The molecule has 0 saturated carbocycles. The average molecular weight is 296 g/mol. The normalized spacial score (nSPS) is 24.5. The lowest BCUT2D eigenvalue weighted by atomic mass is 9.99. The summed E-state index contributed by atoms with van der Waals surface area (Å²) in [5.74, 6) is -0.977. The predicted molar refractivity (Wildman–Crippen MR) is 77.7 cm³/mol. The van der Waals surface area contributed by atoms with Gasteiger partial charge in [-0.3, -0.25) is 14.5 Å². The van der Waals surface area contributed by atoms with Crippen LogP contribution in [0.4, 0.5) is 0 Å². The summed E-state index contributed by atoms with van der Waals surface area (Å²) < 4.78 is 0. The molecule has 2 rings (SSSR count). The van der Waals surface area contributed by atoms with Gasteiger partial charge in [0.15, 0.2) is 0 Å². The van der Waals surface area contributed by atoms with E-state index in [2.05, 4.69) is 5.32 Å². The van der Waals surface area contributed by atoms with E-state index in [4.69, 9.17) is 0 Å². The highest BCUT2D eigenvalue weighted by molar-refractivity contribution is 7.10. The van der Waals surface area contributed by atoms with Gasteiger partial charge >= 0.3 is 5.97 Å². The van der Waals surface area contributed by atoms with Crippen LogP contribution in [0.1, 0.15) is 37.6 Å². The van der Waals surface area contributed by atoms with Crippen molar-refractivity contribution in [2.75, 3.05) is 13.1 Å². The van der Waals surface area contributed by atoms with E-state index in [9.17, 15) is 14.7 Å². The Bertz CT molecular complexity index is 489. The van der Waals surface area contributed by atoms with Crippen molar-refractivity contribution in [1.82, 2.24) is 10.2 Å². The number of carboxylic acid groups (broad SMARTS) is 1. The summed E-state index contributed by atoms with van der Waals surface area (Å²) in [6, 6.07) is 3.89. The summed E-state index contributed by atoms with van der Waals surface area (Å²) in [7, 11) is 0. The highest BCUT2D eigenvalue weighted by atomic mass is 32.1. The van der Waals surface area contributed by atoms with Gasteiger partial charge in [-0.1, -0.05) is 6.07 Å². The maximum atomic E-state index is 12.1. The minimum absolute atomic E-state index is 0.0406. The van der Waals surface area contributed by atoms with Gasteiger partial charge in [-0.2, -0.15) is 0 Å². The fourth-order valence-corrected chi connectivity index (χ4v) is 3.32. The summed E-state index contributed by atoms with van der Waals surface area (Å²) in [4.78, 5) is 26.3. The molecule has 0 aromatic carbocycles. The maximum absolute atomic E-state index is 12.1. The molecule has 2 N–H and O–H groups in total. The zero-order valence-corrected chi connectivity index (χ0v) is 12.6. The minimum Gasteiger partial charge on any atom is -0.480 e. The van der Waals surface area contributed by atoms with Crippen molar-refractivity contribution in [2.45, 2.75) is 38.3 Å². The van der Waals surface area contributed by atoms with Crippen molar-refractivity contribution in [3.63, 3.8) is 0 Å². The van der Waals surface area contributed by atoms with Crippen molar-refractivity contribution >= 4 is 23.2 Å². The number of nitrogens with zero attached hydrogens (tertiary/aromatic N) is 1. The fourth-order valence-electron chi connectivity index (χ4n) is 2.58. The molecule has 1 aromatic heterocycles. The zero-order valence-electron chi connectivity index (χ0n) is 11.8. The van der Waals surface area contributed by atoms with Gasteiger partial charge in [0.25, 0.3) is 0 Å². The molecule has 1 aliphatic heterocycles. The van der Waals surface area contributed by atoms with E-state index in [1.54, 1.807) is 23.2 Å². The molecule has 1 saturated heterocycles. The number of amides is 1. The Balaban J connectivity index is 1.93. The molecule has 0 spiro atoms. The van der Waals surface area contributed by atoms with E-state index in [-0.39, 0.29) is 18.5 Å². The first-order valence-electron chi connectivity index (χ1n) is 6.74. The molecule has 5 nitrogen and oxygen atoms in total. The molecule has 1 amide bonds. The first-order chi connectivity index (χ1) is 9.43. The molecule has 0 bridgehead atoms. The monoisotopic (exact) mass is 296 g/mol. The van der Waals surface area contributed by atoms with Gasteiger partial charge in [-0.15, -0.1) is 11.3 Å². The number of hydrogen-bond acceptors (Lipinski definition) is 4. The summed E-state index contributed by atoms with van der Waals surface area (Å²) >= 11 is 1.60. The first-order valence-corrected chi connectivity index (χ1v) is 7.62. The van der Waals surface area contributed by atoms with Crippen LogP contribution in [-0.2, 0) is 9.59 Å². The summed E-state index contributed by atoms with van der Waals surface area (Å²) in [5.41, 5.74) is -0.913. The van der Waals surface area contributed by atoms with Gasteiger partial charge in [0.1, 0.15) is 5.54 Å². The highest BCUT2D eigenvalue weighted by Crippen LogP contribution is 2.28. The van der Waals surface area contributed by atoms with Gasteiger partial charge in [0.2, 0.25) is 5.91 Å². The second kappa shape index (κ2) is 5.93. The van der Waals surface area contributed by atoms with Crippen LogP contribution in [0.3, 0.4) is 0 Å². The number of thiophene rings is 1. The van der Waals surface area contributed by atoms with Crippen molar-refractivity contribution in [1.29, 1.82) is 0 Å². The van der Waals surface area contributed by atoms with E-state index in [1.807, 2.05) is 24.4 Å². The molecule has 6 heteroatoms. The maximum Gasteiger partial charge on any atom is 0.323 e. The number of carbonyl (C=O) groups is 2. The third kappa shape index (κ3) is 3.02. The van der Waals surface area contributed by atoms with Gasteiger partial charge in [0, 0.05) is 4.88 Å². The largest absolute Gasteiger partial charge is 0.480 e. The second-order valence-corrected chi connectivity index (χ2v) is 6.39. The summed E-state index contributed by atoms with van der Waals surface area (Å²) in [6.45, 7) is 4.42. The van der Waals surface area contributed by atoms with Crippen LogP contribution >= 0.6 is 11.3 Å². The Kier molecular flexibility index (Phi) is 4.45. The highest BCUT2D eigenvalue weighted by Gasteiger charge is 2.43. The number of hydrogen-bond donors (Lipinski definition) is 2. The Hall–Kier alpha value is -1.40. The molecule has 20 heavy (non-hydrogen) atoms. The Morgan fingerprint density at radius 2 is 2.35 bits per heavy atom. The third-order valence-electron chi connectivity index (χ3n) is 3.93. The van der Waals surface area contributed by atoms with Crippen LogP contribution in [0.5, 0.6) is 0 Å². The van der Waals surface area contributed by atoms with Crippen LogP contribution in [0.2, 0.25) is 0 Å². The number of carboxylic acids is 1. The second-order valence-electron chi connectivity index (χ2n) is 5.41. The molecule has 1 aromatic rings. The number of aliphatic carboxylic acids is 1. The van der Waals surface area contributed by atoms with E-state index in [0.717, 1.165) is 11.3 Å². The molecular weight excluding hydrogens is 276 g/mol. The molecule has 2 atom stereocenters. The first kappa shape index (κ1) is 15.0. The third-order valence-corrected chi connectivity index (χ3v) is 4.99. The van der Waals surface area contributed by atoms with Crippen molar-refractivity contribution in [2.24, 2.45) is 0 Å². The molecule has 1 aliphatic rings. The number of rotatable bonds is 5. The number of nitrogens with one attached hydrogen (secondary N) is 1. The number of carbonyl (C=O) groups excluding carboxylic acids is 1. The predicted octanol–water partition coefficient (Wildman–Crippen LogP) is 1.86. The van der Waals surface area contributed by atoms with Crippen molar-refractivity contribution in [3.8, 4) is 0 Å². The topological polar surface area (TPSA) is 69.6 Å². The summed E-state index contributed by atoms with van der Waals surface area (Å²) in [5, 5.41) is 14.2. The quantitative estimate of drug-likeness (QED) is 0.870. The lowest BCUT2D eigenvalue weighted by Gasteiger charge is -2.30. The van der Waals surface area contributed by atoms with Crippen molar-refractivity contribution < 1.29 is 14.7 Å². The number of likely N-dealkylation sites (tertiary alicyclic amines) is 1. The van der Waals surface area contributed by atoms with Crippen LogP contribution in [-0.4, -0.2) is 40.5 Å². The molecule has 1 fully saturated rings. The van der Waals surface area contributed by atoms with Crippen LogP contribution in [0, 0.1) is 0 Å². The van der Waals surface area contributed by atoms with Crippen LogP contribution < -0.4 is 5.32 Å². The zero-order chi connectivity index (χ0) is 14.8. The molecular formula is C14H20N2O3S. The van der Waals surface area contributed by atoms with Gasteiger partial charge in [-0.05, 0) is 44.7 Å². The lowest BCUT2D eigenvalue weighted by molar-refractivity contribution is -0.149. The Morgan fingerprint density at radius 1 is 1.60 bits per heavy atom. The Labute approximate surface area is 122 Å². The van der Waals surface area contributed by atoms with Crippen LogP contribution in [0.15, 0.2) is 17.5 Å². The molecule has 2 heterocycles. The van der Waals surface area contributed by atoms with E-state index >= 15 is 0 Å². The molecule has 0 radical (unpaired) electrons. The Morgan fingerprint density at radius 3 is 2.95 bits per heavy atom. The molecule has 2 unspecified atom stereocenters. The van der Waals surface area contributed by atoms with E-state index < -0.39 is 11.5 Å². The SMILES string of the molecule is CC(NC(=O)CN1CCCC1(C)C(=O)O)c1cccs1. The van der Waals surface area contributed by atoms with Gasteiger partial charge < -0.3 is 10.4 Å². The van der Waals surface area contributed by atoms with E-state index in [0.29, 0.717) is 13.0 Å². The fraction of sp³-hybridized carbons (Fsp3) is 0.571.